The summed E-state index contributed by atoms with van der Waals surface area (Å²) < 4.78 is 24.5. The summed E-state index contributed by atoms with van der Waals surface area (Å²) in [5.41, 5.74) is 0. The van der Waals surface area contributed by atoms with E-state index in [9.17, 15) is 8.42 Å². The molecule has 0 radical (unpaired) electrons. The van der Waals surface area contributed by atoms with Crippen LogP contribution in [0.5, 0.6) is 0 Å². The lowest BCUT2D eigenvalue weighted by Gasteiger charge is -2.18. The normalized spacial score (nSPS) is 13.8. The summed E-state index contributed by atoms with van der Waals surface area (Å²) in [6.07, 6.45) is 3.93. The highest BCUT2D eigenvalue weighted by Crippen LogP contribution is 2.00. The number of hydrogen-bond donors (Lipinski definition) is 2. The van der Waals surface area contributed by atoms with Crippen LogP contribution in [-0.2, 0) is 23.4 Å². The Kier molecular flexibility index (Phi) is 8.17. The Morgan fingerprint density at radius 1 is 1.38 bits per heavy atom. The minimum absolute atomic E-state index is 0.00818. The van der Waals surface area contributed by atoms with E-state index in [4.69, 9.17) is 0 Å². The monoisotopic (exact) mass is 358 g/mol. The molecule has 9 heteroatoms. The Morgan fingerprint density at radius 3 is 2.62 bits per heavy atom. The van der Waals surface area contributed by atoms with Gasteiger partial charge in [0.05, 0.1) is 5.75 Å². The molecule has 0 aliphatic carbocycles. The van der Waals surface area contributed by atoms with Gasteiger partial charge in [0, 0.05) is 25.9 Å². The van der Waals surface area contributed by atoms with Crippen LogP contribution in [0.4, 0.5) is 0 Å². The molecule has 0 fully saturated rings. The fraction of sp³-hybridized carbons (Fsp3) is 0.800. The van der Waals surface area contributed by atoms with E-state index >= 15 is 0 Å². The number of hydrogen-bond acceptors (Lipinski definition) is 5. The third-order valence-corrected chi connectivity index (χ3v) is 4.67. The molecule has 0 aliphatic rings. The molecule has 1 unspecified atom stereocenters. The lowest BCUT2D eigenvalue weighted by atomic mass is 10.2. The van der Waals surface area contributed by atoms with Gasteiger partial charge in [0.2, 0.25) is 0 Å². The zero-order valence-corrected chi connectivity index (χ0v) is 16.2. The molecule has 0 saturated carbocycles. The van der Waals surface area contributed by atoms with Crippen LogP contribution in [-0.4, -0.2) is 53.7 Å². The summed E-state index contributed by atoms with van der Waals surface area (Å²) in [7, 11) is -1.05. The Hall–Kier alpha value is -1.64. The summed E-state index contributed by atoms with van der Waals surface area (Å²) in [6, 6.07) is 0.00818. The Bertz CT molecular complexity index is 638. The van der Waals surface area contributed by atoms with Crippen molar-refractivity contribution < 1.29 is 8.42 Å². The third kappa shape index (κ3) is 7.76. The van der Waals surface area contributed by atoms with E-state index in [1.54, 1.807) is 0 Å². The molecule has 1 aromatic heterocycles. The second kappa shape index (κ2) is 9.61. The van der Waals surface area contributed by atoms with Gasteiger partial charge in [-0.2, -0.15) is 0 Å². The largest absolute Gasteiger partial charge is 0.356 e. The molecule has 8 nitrogen and oxygen atoms in total. The van der Waals surface area contributed by atoms with Crippen molar-refractivity contribution in [2.75, 3.05) is 18.6 Å². The summed E-state index contributed by atoms with van der Waals surface area (Å²) in [6.45, 7) is 7.21. The molecule has 24 heavy (non-hydrogen) atoms. The lowest BCUT2D eigenvalue weighted by molar-refractivity contribution is 0.579. The fourth-order valence-electron chi connectivity index (χ4n) is 1.97. The molecule has 1 atom stereocenters. The standard InChI is InChI=1S/C15H30N6O2S/c1-6-7-9-16-15(18-12(2)8-10-24(5,22)23)17-11-14-20-19-13(3)21(14)4/h12H,6-11H2,1-5H3,(H2,16,17,18). The first-order valence-electron chi connectivity index (χ1n) is 8.30. The molecule has 0 aromatic carbocycles. The Morgan fingerprint density at radius 2 is 2.08 bits per heavy atom. The molecular formula is C15H30N6O2S. The highest BCUT2D eigenvalue weighted by molar-refractivity contribution is 7.90. The van der Waals surface area contributed by atoms with Crippen molar-refractivity contribution in [3.8, 4) is 0 Å². The predicted molar refractivity (Wildman–Crippen MR) is 96.7 cm³/mol. The highest BCUT2D eigenvalue weighted by Gasteiger charge is 2.10. The van der Waals surface area contributed by atoms with Crippen molar-refractivity contribution in [2.45, 2.75) is 52.6 Å². The maximum absolute atomic E-state index is 11.3. The minimum atomic E-state index is -2.96. The Labute approximate surface area is 145 Å². The third-order valence-electron chi connectivity index (χ3n) is 3.69. The first-order chi connectivity index (χ1) is 11.2. The van der Waals surface area contributed by atoms with Gasteiger partial charge >= 0.3 is 0 Å². The molecule has 0 spiro atoms. The maximum atomic E-state index is 11.3. The molecule has 1 rings (SSSR count). The number of aromatic nitrogens is 3. The second-order valence-corrected chi connectivity index (χ2v) is 8.39. The van der Waals surface area contributed by atoms with Gasteiger partial charge in [0.1, 0.15) is 22.2 Å². The number of sulfone groups is 1. The van der Waals surface area contributed by atoms with Crippen LogP contribution in [0.2, 0.25) is 0 Å². The predicted octanol–water partition coefficient (Wildman–Crippen LogP) is 0.782. The molecule has 2 N–H and O–H groups in total. The summed E-state index contributed by atoms with van der Waals surface area (Å²) in [5.74, 6) is 2.46. The van der Waals surface area contributed by atoms with Gasteiger partial charge in [-0.05, 0) is 26.7 Å². The summed E-state index contributed by atoms with van der Waals surface area (Å²) >= 11 is 0. The number of nitrogens with zero attached hydrogens (tertiary/aromatic N) is 4. The first-order valence-corrected chi connectivity index (χ1v) is 10.4. The number of rotatable bonds is 9. The number of aryl methyl sites for hydroxylation is 1. The van der Waals surface area contributed by atoms with Gasteiger partial charge in [-0.1, -0.05) is 13.3 Å². The average Bonchev–Trinajstić information content (AvgIpc) is 2.81. The van der Waals surface area contributed by atoms with E-state index in [1.165, 1.54) is 6.26 Å². The van der Waals surface area contributed by atoms with Crippen LogP contribution in [0.25, 0.3) is 0 Å². The molecular weight excluding hydrogens is 328 g/mol. The minimum Gasteiger partial charge on any atom is -0.356 e. The molecule has 1 aromatic rings. The van der Waals surface area contributed by atoms with Crippen molar-refractivity contribution in [3.63, 3.8) is 0 Å². The molecule has 0 saturated heterocycles. The number of guanidine groups is 1. The van der Waals surface area contributed by atoms with Crippen molar-refractivity contribution in [1.82, 2.24) is 25.4 Å². The fourth-order valence-corrected chi connectivity index (χ4v) is 2.75. The van der Waals surface area contributed by atoms with Crippen LogP contribution < -0.4 is 10.6 Å². The van der Waals surface area contributed by atoms with Gasteiger partial charge in [0.15, 0.2) is 11.8 Å². The average molecular weight is 359 g/mol. The number of nitrogens with one attached hydrogen (secondary N) is 2. The first kappa shape index (κ1) is 20.4. The SMILES string of the molecule is CCCCNC(=NCc1nnc(C)n1C)NC(C)CCS(C)(=O)=O. The smallest absolute Gasteiger partial charge is 0.191 e. The van der Waals surface area contributed by atoms with Crippen molar-refractivity contribution in [3.05, 3.63) is 11.6 Å². The number of aliphatic imine (C=N–C) groups is 1. The van der Waals surface area contributed by atoms with Crippen LogP contribution in [0.1, 0.15) is 44.8 Å². The molecule has 0 bridgehead atoms. The van der Waals surface area contributed by atoms with Gasteiger partial charge in [-0.3, -0.25) is 0 Å². The van der Waals surface area contributed by atoms with Crippen LogP contribution in [0.3, 0.4) is 0 Å². The van der Waals surface area contributed by atoms with Crippen LogP contribution >= 0.6 is 0 Å². The van der Waals surface area contributed by atoms with Crippen LogP contribution in [0, 0.1) is 6.92 Å². The summed E-state index contributed by atoms with van der Waals surface area (Å²) in [5, 5.41) is 14.7. The highest BCUT2D eigenvalue weighted by atomic mass is 32.2. The van der Waals surface area contributed by atoms with E-state index in [-0.39, 0.29) is 11.8 Å². The van der Waals surface area contributed by atoms with E-state index < -0.39 is 9.84 Å². The van der Waals surface area contributed by atoms with E-state index in [2.05, 4.69) is 32.7 Å². The second-order valence-electron chi connectivity index (χ2n) is 6.13. The molecule has 0 aliphatic heterocycles. The zero-order chi connectivity index (χ0) is 18.2. The van der Waals surface area contributed by atoms with Gasteiger partial charge in [0.25, 0.3) is 0 Å². The molecule has 138 valence electrons. The van der Waals surface area contributed by atoms with Gasteiger partial charge < -0.3 is 15.2 Å². The van der Waals surface area contributed by atoms with Gasteiger partial charge in [-0.25, -0.2) is 13.4 Å². The summed E-state index contributed by atoms with van der Waals surface area (Å²) in [4.78, 5) is 4.55. The maximum Gasteiger partial charge on any atom is 0.191 e. The topological polar surface area (TPSA) is 101 Å². The van der Waals surface area contributed by atoms with Crippen LogP contribution in [0.15, 0.2) is 4.99 Å². The van der Waals surface area contributed by atoms with Crippen molar-refractivity contribution in [1.29, 1.82) is 0 Å². The molecule has 1 heterocycles. The van der Waals surface area contributed by atoms with Crippen molar-refractivity contribution >= 4 is 15.8 Å². The van der Waals surface area contributed by atoms with Crippen molar-refractivity contribution in [2.24, 2.45) is 12.0 Å². The zero-order valence-electron chi connectivity index (χ0n) is 15.3. The Balaban J connectivity index is 2.68. The number of unbranched alkanes of at least 4 members (excludes halogenated alkanes) is 1. The lowest BCUT2D eigenvalue weighted by Crippen LogP contribution is -2.43. The van der Waals surface area contributed by atoms with E-state index in [0.717, 1.165) is 31.0 Å². The quantitative estimate of drug-likeness (QED) is 0.384. The van der Waals surface area contributed by atoms with E-state index in [1.807, 2.05) is 25.5 Å². The molecule has 0 amide bonds. The van der Waals surface area contributed by atoms with E-state index in [0.29, 0.717) is 18.9 Å². The van der Waals surface area contributed by atoms with Gasteiger partial charge in [-0.15, -0.1) is 10.2 Å².